The first-order chi connectivity index (χ1) is 4.23. The van der Waals surface area contributed by atoms with Gasteiger partial charge in [0.1, 0.15) is 6.61 Å². The van der Waals surface area contributed by atoms with Crippen LogP contribution in [0.4, 0.5) is 0 Å². The van der Waals surface area contributed by atoms with Gasteiger partial charge in [0.25, 0.3) is 0 Å². The van der Waals surface area contributed by atoms with Crippen LogP contribution in [0.1, 0.15) is 6.92 Å². The van der Waals surface area contributed by atoms with Crippen LogP contribution in [-0.2, 0) is 4.74 Å². The molecule has 1 heterocycles. The summed E-state index contributed by atoms with van der Waals surface area (Å²) in [6.45, 7) is 6.04. The first-order valence-electron chi connectivity index (χ1n) is 2.66. The van der Waals surface area contributed by atoms with E-state index in [-0.39, 0.29) is 5.76 Å². The molecule has 0 spiro atoms. The maximum Gasteiger partial charge on any atom is 0.169 e. The van der Waals surface area contributed by atoms with E-state index in [4.69, 9.17) is 0 Å². The van der Waals surface area contributed by atoms with Crippen molar-refractivity contribution in [3.05, 3.63) is 12.3 Å². The predicted molar refractivity (Wildman–Crippen MR) is 34.1 cm³/mol. The molecule has 3 nitrogen and oxygen atoms in total. The number of nitrogens with zero attached hydrogens (tertiary/aromatic N) is 1. The Bertz CT molecular complexity index is 99.6. The van der Waals surface area contributed by atoms with Crippen molar-refractivity contribution in [3.63, 3.8) is 0 Å². The van der Waals surface area contributed by atoms with Gasteiger partial charge in [0.2, 0.25) is 0 Å². The van der Waals surface area contributed by atoms with Crippen LogP contribution in [0.25, 0.3) is 0 Å². The second kappa shape index (κ2) is 5.15. The van der Waals surface area contributed by atoms with Gasteiger partial charge in [-0.15, -0.1) is 12.3 Å². The zero-order valence-corrected chi connectivity index (χ0v) is 5.46. The molecule has 0 aromatic rings. The predicted octanol–water partition coefficient (Wildman–Crippen LogP) is -0.0748. The second-order valence-electron chi connectivity index (χ2n) is 1.58. The van der Waals surface area contributed by atoms with Crippen molar-refractivity contribution in [3.8, 4) is 0 Å². The highest BCUT2D eigenvalue weighted by molar-refractivity contribution is 5.47. The zero-order valence-electron chi connectivity index (χ0n) is 5.46. The Kier molecular flexibility index (Phi) is 4.59. The minimum atomic E-state index is -0.0833. The molecule has 0 fully saturated rings. The zero-order chi connectivity index (χ0) is 7.11. The fraction of sp³-hybridized carbons (Fsp3) is 0.500. The molecular weight excluding hydrogens is 118 g/mol. The molecule has 9 heavy (non-hydrogen) atoms. The number of hydrogen-bond donors (Lipinski definition) is 0. The van der Waals surface area contributed by atoms with E-state index >= 15 is 0 Å². The van der Waals surface area contributed by atoms with Crippen molar-refractivity contribution < 1.29 is 9.84 Å². The molecule has 0 saturated carbocycles. The number of ether oxygens (including phenoxy) is 1. The molecule has 52 valence electrons. The van der Waals surface area contributed by atoms with Gasteiger partial charge >= 0.3 is 0 Å². The van der Waals surface area contributed by atoms with E-state index in [1.807, 2.05) is 0 Å². The largest absolute Gasteiger partial charge is 0.876 e. The van der Waals surface area contributed by atoms with Crippen molar-refractivity contribution in [1.82, 2.24) is 0 Å². The van der Waals surface area contributed by atoms with Crippen LogP contribution >= 0.6 is 0 Å². The third kappa shape index (κ3) is 10.9. The summed E-state index contributed by atoms with van der Waals surface area (Å²) in [6, 6.07) is 0. The number of rotatable bonds is 0. The van der Waals surface area contributed by atoms with E-state index < -0.39 is 0 Å². The molecule has 0 aromatic carbocycles. The quantitative estimate of drug-likeness (QED) is 0.428. The Labute approximate surface area is 54.7 Å². The van der Waals surface area contributed by atoms with Crippen LogP contribution in [-0.4, -0.2) is 19.6 Å². The van der Waals surface area contributed by atoms with Crippen LogP contribution in [0.5, 0.6) is 0 Å². The third-order valence-corrected chi connectivity index (χ3v) is 0.487. The molecule has 1 rings (SSSR count). The van der Waals surface area contributed by atoms with Gasteiger partial charge in [-0.25, -0.2) is 0 Å². The smallest absolute Gasteiger partial charge is 0.169 e. The third-order valence-electron chi connectivity index (χ3n) is 0.487. The van der Waals surface area contributed by atoms with Gasteiger partial charge in [0.15, 0.2) is 6.40 Å². The van der Waals surface area contributed by atoms with Crippen LogP contribution in [0, 0.1) is 0 Å². The maximum atomic E-state index is 9.33. The summed E-state index contributed by atoms with van der Waals surface area (Å²) in [5, 5.41) is 9.33. The van der Waals surface area contributed by atoms with E-state index in [2.05, 4.69) is 16.3 Å². The lowest BCUT2D eigenvalue weighted by Crippen LogP contribution is -1.92. The van der Waals surface area contributed by atoms with Crippen LogP contribution < -0.4 is 5.11 Å². The lowest BCUT2D eigenvalue weighted by molar-refractivity contribution is -0.300. The molecule has 0 aromatic heterocycles. The number of aliphatic imine (C=N–C) groups is 1. The first-order valence-corrected chi connectivity index (χ1v) is 2.66. The Morgan fingerprint density at radius 1 is 1.89 bits per heavy atom. The molecule has 0 radical (unpaired) electrons. The van der Waals surface area contributed by atoms with Crippen molar-refractivity contribution in [2.75, 3.05) is 13.2 Å². The Hall–Kier alpha value is -0.990. The number of hydrogen-bond acceptors (Lipinski definition) is 3. The summed E-state index contributed by atoms with van der Waals surface area (Å²) in [5.74, 6) is -0.0833. The Morgan fingerprint density at radius 2 is 2.44 bits per heavy atom. The molecule has 0 N–H and O–H groups in total. The summed E-state index contributed by atoms with van der Waals surface area (Å²) in [5.41, 5.74) is 0. The minimum absolute atomic E-state index is 0.0833. The van der Waals surface area contributed by atoms with Gasteiger partial charge in [0.05, 0.1) is 6.54 Å². The molecule has 3 heteroatoms. The molecule has 0 saturated heterocycles. The fourth-order valence-corrected chi connectivity index (χ4v) is 0.264. The Morgan fingerprint density at radius 3 is 2.56 bits per heavy atom. The van der Waals surface area contributed by atoms with Crippen molar-refractivity contribution in [2.45, 2.75) is 6.92 Å². The molecule has 0 bridgehead atoms. The lowest BCUT2D eigenvalue weighted by atomic mass is 10.7. The highest BCUT2D eigenvalue weighted by Crippen LogP contribution is 1.78. The SMILES string of the molecule is C1=NCCO1.C=C(C)[O-]. The summed E-state index contributed by atoms with van der Waals surface area (Å²) in [4.78, 5) is 3.74. The summed E-state index contributed by atoms with van der Waals surface area (Å²) in [6.07, 6.45) is 1.49. The van der Waals surface area contributed by atoms with Crippen LogP contribution in [0.3, 0.4) is 0 Å². The topological polar surface area (TPSA) is 44.6 Å². The molecule has 0 unspecified atom stereocenters. The van der Waals surface area contributed by atoms with Gasteiger partial charge in [-0.05, 0) is 0 Å². The second-order valence-corrected chi connectivity index (χ2v) is 1.58. The summed E-state index contributed by atoms with van der Waals surface area (Å²) in [7, 11) is 0. The van der Waals surface area contributed by atoms with Gasteiger partial charge < -0.3 is 9.84 Å². The monoisotopic (exact) mass is 128 g/mol. The summed E-state index contributed by atoms with van der Waals surface area (Å²) >= 11 is 0. The van der Waals surface area contributed by atoms with E-state index in [0.717, 1.165) is 13.2 Å². The number of allylic oxidation sites excluding steroid dienone is 1. The van der Waals surface area contributed by atoms with Crippen molar-refractivity contribution >= 4 is 6.40 Å². The standard InChI is InChI=1S/C3H5NO.C3H6O/c1-2-5-3-4-1;1-3(2)4/h3H,1-2H2;4H,1H2,2H3/p-1. The molecule has 0 atom stereocenters. The fourth-order valence-electron chi connectivity index (χ4n) is 0.264. The molecule has 1 aliphatic heterocycles. The van der Waals surface area contributed by atoms with Gasteiger partial charge in [-0.2, -0.15) is 0 Å². The molecular formula is C6H10NO2-. The van der Waals surface area contributed by atoms with E-state index in [0.29, 0.717) is 0 Å². The Balaban J connectivity index is 0.000000148. The summed E-state index contributed by atoms with van der Waals surface area (Å²) < 4.78 is 4.65. The van der Waals surface area contributed by atoms with E-state index in [1.54, 1.807) is 0 Å². The maximum absolute atomic E-state index is 9.33. The van der Waals surface area contributed by atoms with Crippen molar-refractivity contribution in [2.24, 2.45) is 4.99 Å². The average molecular weight is 128 g/mol. The average Bonchev–Trinajstić information content (AvgIpc) is 2.11. The minimum Gasteiger partial charge on any atom is -0.876 e. The van der Waals surface area contributed by atoms with Crippen LogP contribution in [0.15, 0.2) is 17.3 Å². The van der Waals surface area contributed by atoms with Crippen LogP contribution in [0.2, 0.25) is 0 Å². The van der Waals surface area contributed by atoms with Gasteiger partial charge in [0, 0.05) is 0 Å². The molecule has 1 aliphatic rings. The molecule has 0 aliphatic carbocycles. The molecule has 0 amide bonds. The van der Waals surface area contributed by atoms with E-state index in [1.165, 1.54) is 13.3 Å². The van der Waals surface area contributed by atoms with Gasteiger partial charge in [-0.1, -0.05) is 6.92 Å². The van der Waals surface area contributed by atoms with Crippen molar-refractivity contribution in [1.29, 1.82) is 0 Å². The highest BCUT2D eigenvalue weighted by Gasteiger charge is 1.84. The van der Waals surface area contributed by atoms with E-state index in [9.17, 15) is 5.11 Å². The normalized spacial score (nSPS) is 13.4. The lowest BCUT2D eigenvalue weighted by Gasteiger charge is -1.92. The van der Waals surface area contributed by atoms with Gasteiger partial charge in [-0.3, -0.25) is 4.99 Å². The highest BCUT2D eigenvalue weighted by atomic mass is 16.5. The first kappa shape index (κ1) is 8.01.